The zero-order chi connectivity index (χ0) is 18.3. The first-order valence-corrected chi connectivity index (χ1v) is 8.82. The van der Waals surface area contributed by atoms with Crippen LogP contribution < -0.4 is 0 Å². The lowest BCUT2D eigenvalue weighted by Gasteiger charge is -2.26. The predicted molar refractivity (Wildman–Crippen MR) is 98.4 cm³/mol. The average Bonchev–Trinajstić information content (AvgIpc) is 3.51. The van der Waals surface area contributed by atoms with E-state index in [2.05, 4.69) is 9.97 Å². The number of halogens is 1. The van der Waals surface area contributed by atoms with Crippen LogP contribution in [0.15, 0.2) is 48.8 Å². The van der Waals surface area contributed by atoms with Crippen molar-refractivity contribution in [2.24, 2.45) is 0 Å². The van der Waals surface area contributed by atoms with E-state index in [1.807, 2.05) is 25.1 Å². The van der Waals surface area contributed by atoms with Crippen molar-refractivity contribution in [3.8, 4) is 0 Å². The fourth-order valence-electron chi connectivity index (χ4n) is 3.20. The number of hydrogen-bond donors (Lipinski definition) is 0. The van der Waals surface area contributed by atoms with Gasteiger partial charge in [0.1, 0.15) is 5.82 Å². The van der Waals surface area contributed by atoms with Gasteiger partial charge in [-0.1, -0.05) is 6.07 Å². The van der Waals surface area contributed by atoms with Gasteiger partial charge in [0.05, 0.1) is 17.1 Å². The summed E-state index contributed by atoms with van der Waals surface area (Å²) in [6.07, 6.45) is 5.65. The van der Waals surface area contributed by atoms with Crippen LogP contribution >= 0.6 is 0 Å². The van der Waals surface area contributed by atoms with E-state index in [0.29, 0.717) is 22.4 Å². The van der Waals surface area contributed by atoms with Crippen molar-refractivity contribution in [3.05, 3.63) is 71.4 Å². The molecule has 26 heavy (non-hydrogen) atoms. The molecule has 1 saturated carbocycles. The molecule has 1 aliphatic rings. The first-order chi connectivity index (χ1) is 12.5. The Bertz CT molecular complexity index is 970. The zero-order valence-corrected chi connectivity index (χ0v) is 14.8. The van der Waals surface area contributed by atoms with Gasteiger partial charge in [-0.3, -0.25) is 14.8 Å². The maximum Gasteiger partial charge on any atom is 0.254 e. The number of hydrogen-bond acceptors (Lipinski definition) is 3. The van der Waals surface area contributed by atoms with Crippen molar-refractivity contribution in [2.45, 2.75) is 31.7 Å². The second-order valence-corrected chi connectivity index (χ2v) is 6.91. The molecule has 1 aliphatic carbocycles. The van der Waals surface area contributed by atoms with Gasteiger partial charge in [-0.2, -0.15) is 0 Å². The van der Waals surface area contributed by atoms with Gasteiger partial charge >= 0.3 is 0 Å². The monoisotopic (exact) mass is 349 g/mol. The van der Waals surface area contributed by atoms with Crippen LogP contribution in [0.4, 0.5) is 4.39 Å². The molecule has 0 saturated heterocycles. The van der Waals surface area contributed by atoms with Crippen molar-refractivity contribution < 1.29 is 9.18 Å². The molecule has 1 fully saturated rings. The molecule has 4 nitrogen and oxygen atoms in total. The van der Waals surface area contributed by atoms with Gasteiger partial charge in [0.15, 0.2) is 0 Å². The van der Waals surface area contributed by atoms with Crippen molar-refractivity contribution in [2.75, 3.05) is 7.05 Å². The third-order valence-corrected chi connectivity index (χ3v) is 5.08. The number of benzene rings is 1. The summed E-state index contributed by atoms with van der Waals surface area (Å²) < 4.78 is 13.8. The predicted octanol–water partition coefficient (Wildman–Crippen LogP) is 4.48. The summed E-state index contributed by atoms with van der Waals surface area (Å²) in [5, 5.41) is 0.560. The standard InChI is InChI=1S/C21H20FN3O/c1-13(15-4-3-9-23-12-15)25(2)21(26)18-11-20(14-5-6-14)24-19-8-7-16(22)10-17(18)19/h3-4,7-14H,5-6H2,1-2H3/t13-/m0/s1. The Morgan fingerprint density at radius 1 is 1.27 bits per heavy atom. The second-order valence-electron chi connectivity index (χ2n) is 6.91. The minimum absolute atomic E-state index is 0.138. The zero-order valence-electron chi connectivity index (χ0n) is 14.8. The minimum atomic E-state index is -0.365. The van der Waals surface area contributed by atoms with Gasteiger partial charge < -0.3 is 4.90 Å². The third kappa shape index (κ3) is 3.05. The highest BCUT2D eigenvalue weighted by Crippen LogP contribution is 2.40. The molecule has 5 heteroatoms. The highest BCUT2D eigenvalue weighted by molar-refractivity contribution is 6.06. The van der Waals surface area contributed by atoms with Crippen LogP contribution in [-0.2, 0) is 0 Å². The van der Waals surface area contributed by atoms with E-state index in [9.17, 15) is 9.18 Å². The fraction of sp³-hybridized carbons (Fsp3) is 0.286. The molecular formula is C21H20FN3O. The van der Waals surface area contributed by atoms with Crippen molar-refractivity contribution in [1.29, 1.82) is 0 Å². The molecule has 3 aromatic rings. The molecule has 0 aliphatic heterocycles. The topological polar surface area (TPSA) is 46.1 Å². The summed E-state index contributed by atoms with van der Waals surface area (Å²) in [6.45, 7) is 1.96. The van der Waals surface area contributed by atoms with Crippen molar-refractivity contribution >= 4 is 16.8 Å². The molecule has 1 aromatic carbocycles. The van der Waals surface area contributed by atoms with Crippen molar-refractivity contribution in [3.63, 3.8) is 0 Å². The van der Waals surface area contributed by atoms with Crippen LogP contribution in [0.25, 0.3) is 10.9 Å². The number of nitrogens with zero attached hydrogens (tertiary/aromatic N) is 3. The summed E-state index contributed by atoms with van der Waals surface area (Å²) in [5.41, 5.74) is 3.06. The summed E-state index contributed by atoms with van der Waals surface area (Å²) in [5.74, 6) is -0.0891. The van der Waals surface area contributed by atoms with Gasteiger partial charge in [-0.05, 0) is 55.7 Å². The normalized spacial score (nSPS) is 15.0. The van der Waals surface area contributed by atoms with E-state index in [1.165, 1.54) is 12.1 Å². The Labute approximate surface area is 151 Å². The van der Waals surface area contributed by atoms with E-state index >= 15 is 0 Å². The lowest BCUT2D eigenvalue weighted by molar-refractivity contribution is 0.0744. The van der Waals surface area contributed by atoms with Gasteiger partial charge in [0.2, 0.25) is 0 Å². The molecule has 0 unspecified atom stereocenters. The quantitative estimate of drug-likeness (QED) is 0.698. The number of carbonyl (C=O) groups is 1. The molecule has 1 atom stereocenters. The Kier molecular flexibility index (Phi) is 4.15. The Hall–Kier alpha value is -2.82. The Morgan fingerprint density at radius 2 is 2.08 bits per heavy atom. The Balaban J connectivity index is 1.76. The highest BCUT2D eigenvalue weighted by atomic mass is 19.1. The summed E-state index contributed by atoms with van der Waals surface area (Å²) in [6, 6.07) is 9.94. The van der Waals surface area contributed by atoms with Crippen LogP contribution in [0, 0.1) is 5.82 Å². The maximum absolute atomic E-state index is 13.8. The molecule has 1 amide bonds. The largest absolute Gasteiger partial charge is 0.335 e. The summed E-state index contributed by atoms with van der Waals surface area (Å²) in [4.78, 5) is 23.7. The van der Waals surface area contributed by atoms with E-state index in [-0.39, 0.29) is 17.8 Å². The van der Waals surface area contributed by atoms with E-state index in [4.69, 9.17) is 0 Å². The highest BCUT2D eigenvalue weighted by Gasteiger charge is 2.28. The Morgan fingerprint density at radius 3 is 2.77 bits per heavy atom. The van der Waals surface area contributed by atoms with Gasteiger partial charge in [0, 0.05) is 36.4 Å². The molecule has 0 spiro atoms. The maximum atomic E-state index is 13.8. The lowest BCUT2D eigenvalue weighted by Crippen LogP contribution is -2.30. The molecule has 4 rings (SSSR count). The summed E-state index contributed by atoms with van der Waals surface area (Å²) >= 11 is 0. The molecule has 2 aromatic heterocycles. The molecule has 0 bridgehead atoms. The molecule has 0 N–H and O–H groups in total. The number of aromatic nitrogens is 2. The van der Waals surface area contributed by atoms with E-state index in [0.717, 1.165) is 24.1 Å². The molecule has 0 radical (unpaired) electrons. The second kappa shape index (κ2) is 6.48. The van der Waals surface area contributed by atoms with Crippen LogP contribution in [0.1, 0.15) is 53.3 Å². The summed E-state index contributed by atoms with van der Waals surface area (Å²) in [7, 11) is 1.77. The number of rotatable bonds is 4. The number of fused-ring (bicyclic) bond motifs is 1. The first-order valence-electron chi connectivity index (χ1n) is 8.82. The molecule has 132 valence electrons. The number of carbonyl (C=O) groups excluding carboxylic acids is 1. The van der Waals surface area contributed by atoms with Crippen molar-refractivity contribution in [1.82, 2.24) is 14.9 Å². The molecular weight excluding hydrogens is 329 g/mol. The van der Waals surface area contributed by atoms with E-state index in [1.54, 1.807) is 30.4 Å². The van der Waals surface area contributed by atoms with E-state index < -0.39 is 0 Å². The van der Waals surface area contributed by atoms with Gasteiger partial charge in [0.25, 0.3) is 5.91 Å². The smallest absolute Gasteiger partial charge is 0.254 e. The third-order valence-electron chi connectivity index (χ3n) is 5.08. The molecule has 2 heterocycles. The van der Waals surface area contributed by atoms with Gasteiger partial charge in [-0.25, -0.2) is 4.39 Å². The number of pyridine rings is 2. The van der Waals surface area contributed by atoms with Crippen LogP contribution in [0.3, 0.4) is 0 Å². The first kappa shape index (κ1) is 16.6. The minimum Gasteiger partial charge on any atom is -0.335 e. The average molecular weight is 349 g/mol. The van der Waals surface area contributed by atoms with Crippen LogP contribution in [0.2, 0.25) is 0 Å². The fourth-order valence-corrected chi connectivity index (χ4v) is 3.20. The number of amides is 1. The SMILES string of the molecule is C[C@@H](c1cccnc1)N(C)C(=O)c1cc(C2CC2)nc2ccc(F)cc12. The van der Waals surface area contributed by atoms with Crippen LogP contribution in [0.5, 0.6) is 0 Å². The van der Waals surface area contributed by atoms with Gasteiger partial charge in [-0.15, -0.1) is 0 Å². The lowest BCUT2D eigenvalue weighted by atomic mass is 10.0. The van der Waals surface area contributed by atoms with Crippen LogP contribution in [-0.4, -0.2) is 27.8 Å².